The van der Waals surface area contributed by atoms with Crippen LogP contribution in [0.2, 0.25) is 0 Å². The van der Waals surface area contributed by atoms with Crippen LogP contribution in [0.4, 0.5) is 5.82 Å². The standard InChI is InChI=1S/C20H18N4/c1-13-9-21-20-19-16(13)7-4-8-17(19)22-18(23-20)12-24-10-14-5-2-3-6-15(14)11-24/h2-8H,1,9-12H2,(H,21,22,23). The molecule has 1 N–H and O–H groups in total. The molecule has 24 heavy (non-hydrogen) atoms. The van der Waals surface area contributed by atoms with E-state index in [2.05, 4.69) is 59.3 Å². The first-order chi connectivity index (χ1) is 11.8. The molecule has 0 radical (unpaired) electrons. The lowest BCUT2D eigenvalue weighted by Gasteiger charge is -2.21. The molecule has 0 spiro atoms. The maximum atomic E-state index is 4.81. The monoisotopic (exact) mass is 314 g/mol. The fourth-order valence-corrected chi connectivity index (χ4v) is 3.73. The van der Waals surface area contributed by atoms with Crippen molar-refractivity contribution in [1.29, 1.82) is 0 Å². The van der Waals surface area contributed by atoms with Gasteiger partial charge in [-0.1, -0.05) is 43.0 Å². The average molecular weight is 314 g/mol. The number of hydrogen-bond acceptors (Lipinski definition) is 4. The smallest absolute Gasteiger partial charge is 0.145 e. The van der Waals surface area contributed by atoms with Gasteiger partial charge in [0.2, 0.25) is 0 Å². The third kappa shape index (κ3) is 2.11. The van der Waals surface area contributed by atoms with E-state index in [1.54, 1.807) is 0 Å². The van der Waals surface area contributed by atoms with Crippen molar-refractivity contribution in [2.45, 2.75) is 19.6 Å². The Kier molecular flexibility index (Phi) is 2.94. The van der Waals surface area contributed by atoms with Crippen molar-refractivity contribution in [1.82, 2.24) is 14.9 Å². The van der Waals surface area contributed by atoms with E-state index in [-0.39, 0.29) is 0 Å². The molecule has 118 valence electrons. The van der Waals surface area contributed by atoms with Crippen LogP contribution in [-0.4, -0.2) is 21.4 Å². The summed E-state index contributed by atoms with van der Waals surface area (Å²) in [5.41, 5.74) is 6.09. The molecule has 2 aliphatic heterocycles. The van der Waals surface area contributed by atoms with Crippen LogP contribution in [0.15, 0.2) is 49.0 Å². The van der Waals surface area contributed by atoms with Crippen molar-refractivity contribution in [3.63, 3.8) is 0 Å². The van der Waals surface area contributed by atoms with Crippen LogP contribution in [-0.2, 0) is 19.6 Å². The minimum atomic E-state index is 0.748. The highest BCUT2D eigenvalue weighted by molar-refractivity contribution is 6.01. The molecule has 0 bridgehead atoms. The number of anilines is 1. The molecule has 0 unspecified atom stereocenters. The maximum absolute atomic E-state index is 4.81. The number of benzene rings is 2. The number of fused-ring (bicyclic) bond motifs is 1. The van der Waals surface area contributed by atoms with E-state index < -0.39 is 0 Å². The van der Waals surface area contributed by atoms with Crippen molar-refractivity contribution in [3.05, 3.63) is 71.6 Å². The number of nitrogens with zero attached hydrogens (tertiary/aromatic N) is 3. The topological polar surface area (TPSA) is 41.1 Å². The van der Waals surface area contributed by atoms with E-state index in [4.69, 9.17) is 9.97 Å². The first-order valence-corrected chi connectivity index (χ1v) is 8.29. The summed E-state index contributed by atoms with van der Waals surface area (Å²) in [7, 11) is 0. The molecule has 0 fully saturated rings. The molecule has 2 aromatic carbocycles. The normalized spacial score (nSPS) is 16.2. The Labute approximate surface area is 140 Å². The second kappa shape index (κ2) is 5.14. The molecule has 0 atom stereocenters. The highest BCUT2D eigenvalue weighted by Gasteiger charge is 2.21. The molecular weight excluding hydrogens is 296 g/mol. The van der Waals surface area contributed by atoms with Gasteiger partial charge in [-0.15, -0.1) is 0 Å². The van der Waals surface area contributed by atoms with Crippen molar-refractivity contribution in [2.24, 2.45) is 0 Å². The van der Waals surface area contributed by atoms with Gasteiger partial charge in [0.15, 0.2) is 0 Å². The Balaban J connectivity index is 1.50. The lowest BCUT2D eigenvalue weighted by Crippen LogP contribution is -2.19. The fourth-order valence-electron chi connectivity index (χ4n) is 3.73. The van der Waals surface area contributed by atoms with E-state index in [0.717, 1.165) is 54.3 Å². The molecule has 3 aromatic rings. The highest BCUT2D eigenvalue weighted by atomic mass is 15.2. The molecule has 4 heteroatoms. The lowest BCUT2D eigenvalue weighted by atomic mass is 9.99. The van der Waals surface area contributed by atoms with Crippen LogP contribution in [0.5, 0.6) is 0 Å². The van der Waals surface area contributed by atoms with Gasteiger partial charge >= 0.3 is 0 Å². The van der Waals surface area contributed by atoms with E-state index >= 15 is 0 Å². The van der Waals surface area contributed by atoms with Gasteiger partial charge in [0.05, 0.1) is 17.4 Å². The van der Waals surface area contributed by atoms with Crippen molar-refractivity contribution in [3.8, 4) is 0 Å². The predicted molar refractivity (Wildman–Crippen MR) is 96.5 cm³/mol. The Bertz CT molecular complexity index is 952. The Morgan fingerprint density at radius 1 is 1.00 bits per heavy atom. The minimum Gasteiger partial charge on any atom is -0.365 e. The summed E-state index contributed by atoms with van der Waals surface area (Å²) in [6, 6.07) is 14.9. The van der Waals surface area contributed by atoms with Gasteiger partial charge in [-0.25, -0.2) is 9.97 Å². The third-order valence-electron chi connectivity index (χ3n) is 4.89. The van der Waals surface area contributed by atoms with Gasteiger partial charge in [0, 0.05) is 19.6 Å². The van der Waals surface area contributed by atoms with E-state index in [0.29, 0.717) is 0 Å². The minimum absolute atomic E-state index is 0.748. The average Bonchev–Trinajstić information content (AvgIpc) is 3.00. The molecule has 0 saturated heterocycles. The van der Waals surface area contributed by atoms with Crippen LogP contribution < -0.4 is 5.32 Å². The lowest BCUT2D eigenvalue weighted by molar-refractivity contribution is 0.268. The first-order valence-electron chi connectivity index (χ1n) is 8.29. The zero-order valence-corrected chi connectivity index (χ0v) is 13.4. The molecule has 4 nitrogen and oxygen atoms in total. The van der Waals surface area contributed by atoms with Crippen molar-refractivity contribution in [2.75, 3.05) is 11.9 Å². The fraction of sp³-hybridized carbons (Fsp3) is 0.200. The molecule has 3 heterocycles. The molecule has 0 amide bonds. The number of nitrogens with one attached hydrogen (secondary N) is 1. The summed E-state index contributed by atoms with van der Waals surface area (Å²) < 4.78 is 0. The zero-order chi connectivity index (χ0) is 16.1. The SMILES string of the molecule is C=C1CNc2nc(CN3Cc4ccccc4C3)nc3cccc1c23. The van der Waals surface area contributed by atoms with Gasteiger partial charge < -0.3 is 5.32 Å². The number of aromatic nitrogens is 2. The quantitative estimate of drug-likeness (QED) is 0.785. The van der Waals surface area contributed by atoms with Gasteiger partial charge in [0.1, 0.15) is 11.6 Å². The third-order valence-corrected chi connectivity index (χ3v) is 4.89. The van der Waals surface area contributed by atoms with Gasteiger partial charge in [-0.05, 0) is 28.3 Å². The molecule has 1 aromatic heterocycles. The van der Waals surface area contributed by atoms with Crippen LogP contribution in [0.1, 0.15) is 22.5 Å². The summed E-state index contributed by atoms with van der Waals surface area (Å²) in [6.45, 7) is 7.60. The zero-order valence-electron chi connectivity index (χ0n) is 13.4. The van der Waals surface area contributed by atoms with Crippen LogP contribution in [0.3, 0.4) is 0 Å². The molecule has 2 aliphatic rings. The number of hydrogen-bond donors (Lipinski definition) is 1. The highest BCUT2D eigenvalue weighted by Crippen LogP contribution is 2.33. The number of rotatable bonds is 2. The van der Waals surface area contributed by atoms with Crippen molar-refractivity contribution < 1.29 is 0 Å². The van der Waals surface area contributed by atoms with E-state index in [1.165, 1.54) is 16.7 Å². The second-order valence-corrected chi connectivity index (χ2v) is 6.56. The van der Waals surface area contributed by atoms with Crippen molar-refractivity contribution >= 4 is 22.3 Å². The molecule has 0 saturated carbocycles. The van der Waals surface area contributed by atoms with Crippen LogP contribution >= 0.6 is 0 Å². The summed E-state index contributed by atoms with van der Waals surface area (Å²) >= 11 is 0. The molecule has 5 rings (SSSR count). The summed E-state index contributed by atoms with van der Waals surface area (Å²) in [6.07, 6.45) is 0. The summed E-state index contributed by atoms with van der Waals surface area (Å²) in [5, 5.41) is 4.49. The van der Waals surface area contributed by atoms with Crippen LogP contribution in [0.25, 0.3) is 16.5 Å². The summed E-state index contributed by atoms with van der Waals surface area (Å²) in [4.78, 5) is 12.0. The predicted octanol–water partition coefficient (Wildman–Crippen LogP) is 3.58. The second-order valence-electron chi connectivity index (χ2n) is 6.56. The largest absolute Gasteiger partial charge is 0.365 e. The van der Waals surface area contributed by atoms with Gasteiger partial charge in [-0.3, -0.25) is 4.90 Å². The van der Waals surface area contributed by atoms with Crippen LogP contribution in [0, 0.1) is 0 Å². The van der Waals surface area contributed by atoms with Gasteiger partial charge in [-0.2, -0.15) is 0 Å². The van der Waals surface area contributed by atoms with Gasteiger partial charge in [0.25, 0.3) is 0 Å². The first kappa shape index (κ1) is 13.7. The van der Waals surface area contributed by atoms with E-state index in [1.807, 2.05) is 0 Å². The van der Waals surface area contributed by atoms with E-state index in [9.17, 15) is 0 Å². The molecular formula is C20H18N4. The Morgan fingerprint density at radius 2 is 1.79 bits per heavy atom. The Hall–Kier alpha value is -2.72. The maximum Gasteiger partial charge on any atom is 0.145 e. The Morgan fingerprint density at radius 3 is 2.58 bits per heavy atom. The summed E-state index contributed by atoms with van der Waals surface area (Å²) in [5.74, 6) is 1.82. The molecule has 0 aliphatic carbocycles.